The van der Waals surface area contributed by atoms with Crippen LogP contribution in [0.2, 0.25) is 0 Å². The van der Waals surface area contributed by atoms with E-state index in [9.17, 15) is 13.0 Å². The molecular formula is C28H50O4S. The highest BCUT2D eigenvalue weighted by Crippen LogP contribution is 2.28. The van der Waals surface area contributed by atoms with E-state index in [1.165, 1.54) is 95.1 Å². The molecule has 0 spiro atoms. The van der Waals surface area contributed by atoms with E-state index in [-0.39, 0.29) is 0 Å². The van der Waals surface area contributed by atoms with Crippen molar-refractivity contribution in [1.82, 2.24) is 0 Å². The number of hydrogen-bond acceptors (Lipinski definition) is 3. The zero-order valence-electron chi connectivity index (χ0n) is 21.6. The lowest BCUT2D eigenvalue weighted by atomic mass is 9.98. The van der Waals surface area contributed by atoms with E-state index in [1.54, 1.807) is 0 Å². The van der Waals surface area contributed by atoms with E-state index >= 15 is 0 Å². The summed E-state index contributed by atoms with van der Waals surface area (Å²) in [4.78, 5) is 0. The molecule has 0 bridgehead atoms. The highest BCUT2D eigenvalue weighted by atomic mass is 32.2. The molecule has 0 fully saturated rings. The van der Waals surface area contributed by atoms with Crippen molar-refractivity contribution in [2.75, 3.05) is 6.61 Å². The number of unbranched alkanes of at least 4 members (excludes halogenated alkanes) is 12. The van der Waals surface area contributed by atoms with Gasteiger partial charge in [0.05, 0.1) is 11.9 Å². The molecule has 0 aliphatic heterocycles. The fourth-order valence-electron chi connectivity index (χ4n) is 4.24. The molecule has 0 radical (unpaired) electrons. The van der Waals surface area contributed by atoms with Crippen molar-refractivity contribution < 1.29 is 17.7 Å². The third kappa shape index (κ3) is 14.0. The molecular weight excluding hydrogens is 432 g/mol. The average molecular weight is 483 g/mol. The molecule has 0 heterocycles. The number of aryl methyl sites for hydroxylation is 2. The van der Waals surface area contributed by atoms with Gasteiger partial charge in [-0.3, -0.25) is 4.55 Å². The van der Waals surface area contributed by atoms with Gasteiger partial charge in [0.2, 0.25) is 0 Å². The fraction of sp³-hybridized carbons (Fsp3) is 0.786. The molecule has 1 aromatic carbocycles. The van der Waals surface area contributed by atoms with Gasteiger partial charge in [-0.05, 0) is 43.7 Å². The van der Waals surface area contributed by atoms with Gasteiger partial charge >= 0.3 is 0 Å². The largest absolute Gasteiger partial charge is 0.493 e. The Morgan fingerprint density at radius 1 is 0.758 bits per heavy atom. The number of ether oxygens (including phenoxy) is 1. The molecule has 0 saturated heterocycles. The van der Waals surface area contributed by atoms with Crippen LogP contribution in [0, 0.1) is 0 Å². The van der Waals surface area contributed by atoms with Crippen LogP contribution in [0.25, 0.3) is 0 Å². The van der Waals surface area contributed by atoms with Gasteiger partial charge < -0.3 is 4.74 Å². The summed E-state index contributed by atoms with van der Waals surface area (Å²) in [7, 11) is -4.01. The molecule has 0 amide bonds. The van der Waals surface area contributed by atoms with Crippen molar-refractivity contribution in [3.8, 4) is 5.75 Å². The highest BCUT2D eigenvalue weighted by Gasteiger charge is 2.18. The molecule has 1 N–H and O–H groups in total. The van der Waals surface area contributed by atoms with Crippen LogP contribution < -0.4 is 4.74 Å². The summed E-state index contributed by atoms with van der Waals surface area (Å²) in [6.07, 6.45) is 20.2. The summed E-state index contributed by atoms with van der Waals surface area (Å²) >= 11 is 0. The van der Waals surface area contributed by atoms with Crippen molar-refractivity contribution in [3.63, 3.8) is 0 Å². The Kier molecular flexibility index (Phi) is 16.6. The van der Waals surface area contributed by atoms with Crippen molar-refractivity contribution in [2.24, 2.45) is 0 Å². The second kappa shape index (κ2) is 18.3. The Morgan fingerprint density at radius 2 is 1.18 bits per heavy atom. The molecule has 0 aliphatic carbocycles. The van der Waals surface area contributed by atoms with E-state index < -0.39 is 15.4 Å². The monoisotopic (exact) mass is 482 g/mol. The zero-order valence-corrected chi connectivity index (χ0v) is 22.4. The minimum atomic E-state index is -4.01. The molecule has 1 atom stereocenters. The summed E-state index contributed by atoms with van der Waals surface area (Å²) < 4.78 is 38.1. The summed E-state index contributed by atoms with van der Waals surface area (Å²) in [5.74, 6) is 0.956. The van der Waals surface area contributed by atoms with Crippen LogP contribution in [-0.4, -0.2) is 24.8 Å². The number of hydrogen-bond donors (Lipinski definition) is 1. The normalized spacial score (nSPS) is 12.7. The maximum absolute atomic E-state index is 11.3. The van der Waals surface area contributed by atoms with Crippen LogP contribution in [0.3, 0.4) is 0 Å². The Hall–Kier alpha value is -1.07. The van der Waals surface area contributed by atoms with E-state index in [2.05, 4.69) is 32.0 Å². The molecule has 0 aromatic heterocycles. The number of para-hydroxylation sites is 1. The van der Waals surface area contributed by atoms with Gasteiger partial charge in [-0.25, -0.2) is 0 Å². The molecule has 33 heavy (non-hydrogen) atoms. The molecule has 5 heteroatoms. The van der Waals surface area contributed by atoms with Crippen LogP contribution in [0.4, 0.5) is 0 Å². The quantitative estimate of drug-likeness (QED) is 0.141. The Morgan fingerprint density at radius 3 is 1.61 bits per heavy atom. The third-order valence-corrected chi connectivity index (χ3v) is 7.81. The van der Waals surface area contributed by atoms with Crippen molar-refractivity contribution in [2.45, 2.75) is 135 Å². The van der Waals surface area contributed by atoms with E-state index in [0.717, 1.165) is 31.4 Å². The van der Waals surface area contributed by atoms with Gasteiger partial charge in [0.25, 0.3) is 10.1 Å². The lowest BCUT2D eigenvalue weighted by Crippen LogP contribution is -2.19. The summed E-state index contributed by atoms with van der Waals surface area (Å²) in [5.41, 5.74) is 2.48. The second-order valence-electron chi connectivity index (χ2n) is 9.61. The predicted molar refractivity (Wildman–Crippen MR) is 141 cm³/mol. The summed E-state index contributed by atoms with van der Waals surface area (Å²) in [6.45, 7) is 6.33. The maximum Gasteiger partial charge on any atom is 0.267 e. The minimum Gasteiger partial charge on any atom is -0.493 e. The standard InChI is InChI=1S/C28H50O4S/c1-4-6-8-10-12-14-16-19-26-21-18-22-27(20-17-15-13-11-9-7-5-2)28(26)32-24-23-25(3)33(29,30)31/h18,21-22,25H,4-17,19-20,23-24H2,1-3H3,(H,29,30,31). The van der Waals surface area contributed by atoms with Crippen LogP contribution >= 0.6 is 0 Å². The lowest BCUT2D eigenvalue weighted by Gasteiger charge is -2.17. The van der Waals surface area contributed by atoms with Crippen molar-refractivity contribution >= 4 is 10.1 Å². The molecule has 0 saturated carbocycles. The van der Waals surface area contributed by atoms with Gasteiger partial charge in [-0.1, -0.05) is 109 Å². The summed E-state index contributed by atoms with van der Waals surface area (Å²) in [6, 6.07) is 6.46. The SMILES string of the molecule is CCCCCCCCCc1cccc(CCCCCCCCC)c1OCCC(C)S(=O)(=O)O. The van der Waals surface area contributed by atoms with Crippen LogP contribution in [-0.2, 0) is 23.0 Å². The molecule has 1 aromatic rings. The molecule has 1 rings (SSSR count). The maximum atomic E-state index is 11.3. The zero-order chi connectivity index (χ0) is 24.4. The second-order valence-corrected chi connectivity index (χ2v) is 11.4. The number of rotatable bonds is 21. The van der Waals surface area contributed by atoms with E-state index in [1.807, 2.05) is 0 Å². The Bertz CT molecular complexity index is 678. The van der Waals surface area contributed by atoms with Gasteiger partial charge in [-0.2, -0.15) is 8.42 Å². The summed E-state index contributed by atoms with van der Waals surface area (Å²) in [5, 5.41) is -0.806. The average Bonchev–Trinajstić information content (AvgIpc) is 2.78. The van der Waals surface area contributed by atoms with Gasteiger partial charge in [0.1, 0.15) is 5.75 Å². The lowest BCUT2D eigenvalue weighted by molar-refractivity contribution is 0.300. The van der Waals surface area contributed by atoms with Gasteiger partial charge in [0.15, 0.2) is 0 Å². The first-order chi connectivity index (χ1) is 15.9. The highest BCUT2D eigenvalue weighted by molar-refractivity contribution is 7.86. The third-order valence-electron chi connectivity index (χ3n) is 6.56. The Labute approximate surface area is 204 Å². The smallest absolute Gasteiger partial charge is 0.267 e. The first-order valence-corrected chi connectivity index (χ1v) is 15.1. The van der Waals surface area contributed by atoms with Crippen LogP contribution in [0.15, 0.2) is 18.2 Å². The van der Waals surface area contributed by atoms with Crippen LogP contribution in [0.1, 0.15) is 128 Å². The van der Waals surface area contributed by atoms with Gasteiger partial charge in [-0.15, -0.1) is 0 Å². The van der Waals surface area contributed by atoms with Crippen molar-refractivity contribution in [3.05, 3.63) is 29.3 Å². The first kappa shape index (κ1) is 30.0. The van der Waals surface area contributed by atoms with Crippen LogP contribution in [0.5, 0.6) is 5.75 Å². The first-order valence-electron chi connectivity index (χ1n) is 13.6. The topological polar surface area (TPSA) is 63.6 Å². The van der Waals surface area contributed by atoms with E-state index in [4.69, 9.17) is 4.74 Å². The molecule has 1 unspecified atom stereocenters. The molecule has 0 aliphatic rings. The van der Waals surface area contributed by atoms with Crippen molar-refractivity contribution in [1.29, 1.82) is 0 Å². The molecule has 192 valence electrons. The Balaban J connectivity index is 2.65. The van der Waals surface area contributed by atoms with E-state index in [0.29, 0.717) is 13.0 Å². The van der Waals surface area contributed by atoms with Gasteiger partial charge in [0, 0.05) is 6.42 Å². The fourth-order valence-corrected chi connectivity index (χ4v) is 4.63. The predicted octanol–water partition coefficient (Wildman–Crippen LogP) is 8.32. The molecule has 4 nitrogen and oxygen atoms in total. The minimum absolute atomic E-state index is 0.293. The number of benzene rings is 1.